The number of rotatable bonds is 3. The monoisotopic (exact) mass is 274 g/mol. The molecule has 1 atom stereocenters. The van der Waals surface area contributed by atoms with Gasteiger partial charge in [0.1, 0.15) is 5.52 Å². The van der Waals surface area contributed by atoms with Crippen molar-refractivity contribution in [1.29, 1.82) is 0 Å². The lowest BCUT2D eigenvalue weighted by Crippen LogP contribution is -2.22. The average Bonchev–Trinajstić information content (AvgIpc) is 3.07. The third kappa shape index (κ3) is 2.54. The second kappa shape index (κ2) is 5.25. The topological polar surface area (TPSA) is 64.4 Å². The van der Waals surface area contributed by atoms with Gasteiger partial charge >= 0.3 is 0 Å². The summed E-state index contributed by atoms with van der Waals surface area (Å²) >= 11 is 0. The first-order valence-corrected chi connectivity index (χ1v) is 6.92. The van der Waals surface area contributed by atoms with Gasteiger partial charge in [-0.3, -0.25) is 4.79 Å². The van der Waals surface area contributed by atoms with Crippen LogP contribution in [0.4, 0.5) is 5.69 Å². The molecule has 1 amide bonds. The van der Waals surface area contributed by atoms with E-state index in [9.17, 15) is 4.79 Å². The van der Waals surface area contributed by atoms with Gasteiger partial charge in [-0.15, -0.1) is 0 Å². The van der Waals surface area contributed by atoms with Crippen molar-refractivity contribution in [3.63, 3.8) is 0 Å². The molecule has 2 aromatic rings. The number of benzene rings is 1. The van der Waals surface area contributed by atoms with E-state index in [2.05, 4.69) is 10.3 Å². The molecule has 0 unspecified atom stereocenters. The van der Waals surface area contributed by atoms with Gasteiger partial charge in [0.2, 0.25) is 5.91 Å². The molecule has 1 saturated heterocycles. The van der Waals surface area contributed by atoms with Gasteiger partial charge < -0.3 is 14.5 Å². The number of nitrogens with one attached hydrogen (secondary N) is 1. The van der Waals surface area contributed by atoms with E-state index < -0.39 is 0 Å². The van der Waals surface area contributed by atoms with E-state index in [1.165, 1.54) is 0 Å². The minimum absolute atomic E-state index is 0.00873. The number of carbonyl (C=O) groups is 1. The molecule has 106 valence electrons. The van der Waals surface area contributed by atoms with E-state index >= 15 is 0 Å². The number of hydrogen-bond donors (Lipinski definition) is 1. The van der Waals surface area contributed by atoms with Crippen LogP contribution in [-0.2, 0) is 9.53 Å². The summed E-state index contributed by atoms with van der Waals surface area (Å²) in [7, 11) is 0. The third-order valence-corrected chi connectivity index (χ3v) is 3.47. The molecule has 1 N–H and O–H groups in total. The van der Waals surface area contributed by atoms with Crippen LogP contribution in [0.25, 0.3) is 11.1 Å². The molecular weight excluding hydrogens is 256 g/mol. The summed E-state index contributed by atoms with van der Waals surface area (Å²) in [6.07, 6.45) is 0.787. The number of amides is 1. The maximum absolute atomic E-state index is 12.0. The van der Waals surface area contributed by atoms with E-state index in [4.69, 9.17) is 9.15 Å². The fourth-order valence-corrected chi connectivity index (χ4v) is 2.26. The SMILES string of the molecule is CC(C)c1nc2cc(NC(=O)[C@H]3CCOC3)ccc2o1. The first-order chi connectivity index (χ1) is 9.63. The molecule has 1 aliphatic rings. The Bertz CT molecular complexity index is 627. The maximum Gasteiger partial charge on any atom is 0.229 e. The molecule has 0 bridgehead atoms. The van der Waals surface area contributed by atoms with E-state index in [1.807, 2.05) is 32.0 Å². The second-order valence-corrected chi connectivity index (χ2v) is 5.44. The molecular formula is C15H18N2O3. The van der Waals surface area contributed by atoms with E-state index in [0.717, 1.165) is 23.2 Å². The summed E-state index contributed by atoms with van der Waals surface area (Å²) in [4.78, 5) is 16.5. The molecule has 5 heteroatoms. The lowest BCUT2D eigenvalue weighted by Gasteiger charge is -2.08. The molecule has 1 aromatic heterocycles. The Morgan fingerprint density at radius 3 is 3.00 bits per heavy atom. The smallest absolute Gasteiger partial charge is 0.229 e. The highest BCUT2D eigenvalue weighted by Gasteiger charge is 2.23. The van der Waals surface area contributed by atoms with Gasteiger partial charge in [-0.2, -0.15) is 0 Å². The standard InChI is InChI=1S/C15H18N2O3/c1-9(2)15-17-12-7-11(3-4-13(12)20-15)16-14(18)10-5-6-19-8-10/h3-4,7,9-10H,5-6,8H2,1-2H3,(H,16,18)/t10-/m0/s1. The number of ether oxygens (including phenoxy) is 1. The minimum Gasteiger partial charge on any atom is -0.440 e. The highest BCUT2D eigenvalue weighted by Crippen LogP contribution is 2.24. The maximum atomic E-state index is 12.0. The van der Waals surface area contributed by atoms with Gasteiger partial charge in [-0.25, -0.2) is 4.98 Å². The van der Waals surface area contributed by atoms with Crippen LogP contribution >= 0.6 is 0 Å². The second-order valence-electron chi connectivity index (χ2n) is 5.44. The molecule has 0 radical (unpaired) electrons. The van der Waals surface area contributed by atoms with Crippen LogP contribution in [0.15, 0.2) is 22.6 Å². The fourth-order valence-electron chi connectivity index (χ4n) is 2.26. The van der Waals surface area contributed by atoms with Gasteiger partial charge in [-0.05, 0) is 24.6 Å². The van der Waals surface area contributed by atoms with Crippen molar-refractivity contribution in [3.05, 3.63) is 24.1 Å². The zero-order valence-corrected chi connectivity index (χ0v) is 11.7. The van der Waals surface area contributed by atoms with Crippen LogP contribution in [0, 0.1) is 5.92 Å². The highest BCUT2D eigenvalue weighted by atomic mass is 16.5. The fraction of sp³-hybridized carbons (Fsp3) is 0.467. The van der Waals surface area contributed by atoms with Crippen molar-refractivity contribution in [3.8, 4) is 0 Å². The molecule has 2 heterocycles. The van der Waals surface area contributed by atoms with E-state index in [1.54, 1.807) is 0 Å². The Labute approximate surface area is 117 Å². The van der Waals surface area contributed by atoms with Crippen LogP contribution in [-0.4, -0.2) is 24.1 Å². The van der Waals surface area contributed by atoms with E-state index in [0.29, 0.717) is 19.1 Å². The van der Waals surface area contributed by atoms with Crippen LogP contribution in [0.2, 0.25) is 0 Å². The van der Waals surface area contributed by atoms with Crippen molar-refractivity contribution >= 4 is 22.7 Å². The number of nitrogens with zero attached hydrogens (tertiary/aromatic N) is 1. The Kier molecular flexibility index (Phi) is 3.44. The van der Waals surface area contributed by atoms with E-state index in [-0.39, 0.29) is 17.7 Å². The predicted molar refractivity (Wildman–Crippen MR) is 75.7 cm³/mol. The Morgan fingerprint density at radius 1 is 1.45 bits per heavy atom. The molecule has 0 saturated carbocycles. The molecule has 1 aromatic carbocycles. The zero-order valence-electron chi connectivity index (χ0n) is 11.7. The van der Waals surface area contributed by atoms with Crippen molar-refractivity contribution in [2.75, 3.05) is 18.5 Å². The quantitative estimate of drug-likeness (QED) is 0.934. The first kappa shape index (κ1) is 13.1. The average molecular weight is 274 g/mol. The normalized spacial score (nSPS) is 18.9. The Morgan fingerprint density at radius 2 is 2.30 bits per heavy atom. The Balaban J connectivity index is 1.79. The molecule has 0 spiro atoms. The number of oxazole rings is 1. The van der Waals surface area contributed by atoms with Crippen molar-refractivity contribution in [2.45, 2.75) is 26.2 Å². The predicted octanol–water partition coefficient (Wildman–Crippen LogP) is 2.93. The lowest BCUT2D eigenvalue weighted by molar-refractivity contribution is -0.119. The molecule has 0 aliphatic carbocycles. The van der Waals surface area contributed by atoms with Crippen LogP contribution < -0.4 is 5.32 Å². The first-order valence-electron chi connectivity index (χ1n) is 6.92. The van der Waals surface area contributed by atoms with Gasteiger partial charge in [0.15, 0.2) is 11.5 Å². The Hall–Kier alpha value is -1.88. The van der Waals surface area contributed by atoms with Gasteiger partial charge in [0, 0.05) is 18.2 Å². The summed E-state index contributed by atoms with van der Waals surface area (Å²) in [6, 6.07) is 5.53. The molecule has 20 heavy (non-hydrogen) atoms. The highest BCUT2D eigenvalue weighted by molar-refractivity contribution is 5.94. The summed E-state index contributed by atoms with van der Waals surface area (Å²) in [5.74, 6) is 0.924. The number of carbonyl (C=O) groups excluding carboxylic acids is 1. The molecule has 3 rings (SSSR count). The lowest BCUT2D eigenvalue weighted by atomic mass is 10.1. The summed E-state index contributed by atoms with van der Waals surface area (Å²) in [5, 5.41) is 2.91. The van der Waals surface area contributed by atoms with Crippen LogP contribution in [0.3, 0.4) is 0 Å². The van der Waals surface area contributed by atoms with Gasteiger partial charge in [0.25, 0.3) is 0 Å². The molecule has 1 fully saturated rings. The number of fused-ring (bicyclic) bond motifs is 1. The van der Waals surface area contributed by atoms with Gasteiger partial charge in [-0.1, -0.05) is 13.8 Å². The van der Waals surface area contributed by atoms with Crippen molar-refractivity contribution in [1.82, 2.24) is 4.98 Å². The zero-order chi connectivity index (χ0) is 14.1. The third-order valence-electron chi connectivity index (χ3n) is 3.47. The summed E-state index contributed by atoms with van der Waals surface area (Å²) in [5.41, 5.74) is 2.27. The van der Waals surface area contributed by atoms with Crippen molar-refractivity contribution < 1.29 is 13.9 Å². The largest absolute Gasteiger partial charge is 0.440 e. The minimum atomic E-state index is -0.0470. The summed E-state index contributed by atoms with van der Waals surface area (Å²) < 4.78 is 10.9. The molecule has 5 nitrogen and oxygen atoms in total. The van der Waals surface area contributed by atoms with Crippen LogP contribution in [0.1, 0.15) is 32.1 Å². The summed E-state index contributed by atoms with van der Waals surface area (Å²) in [6.45, 7) is 5.24. The number of anilines is 1. The van der Waals surface area contributed by atoms with Crippen LogP contribution in [0.5, 0.6) is 0 Å². The number of aromatic nitrogens is 1. The van der Waals surface area contributed by atoms with Gasteiger partial charge in [0.05, 0.1) is 12.5 Å². The number of hydrogen-bond acceptors (Lipinski definition) is 4. The molecule has 1 aliphatic heterocycles. The van der Waals surface area contributed by atoms with Crippen molar-refractivity contribution in [2.24, 2.45) is 5.92 Å².